The van der Waals surface area contributed by atoms with E-state index in [9.17, 15) is 0 Å². The number of nitrogens with two attached hydrogens (primary N) is 1. The molecule has 1 heterocycles. The lowest BCUT2D eigenvalue weighted by Crippen LogP contribution is -2.17. The van der Waals surface area contributed by atoms with Crippen LogP contribution in [0.3, 0.4) is 0 Å². The standard InChI is InChI=1S/C8H12N2O.2ClH/c1-6-3-2-4-10-8(6)7(9)5-11;;/h2-4,7,11H,5,9H2,1H3;2*1H/t7-;;/m1../s1. The second kappa shape index (κ2) is 7.09. The van der Waals surface area contributed by atoms with E-state index in [0.717, 1.165) is 11.3 Å². The highest BCUT2D eigenvalue weighted by Gasteiger charge is 2.07. The van der Waals surface area contributed by atoms with Gasteiger partial charge in [0.2, 0.25) is 0 Å². The van der Waals surface area contributed by atoms with Gasteiger partial charge < -0.3 is 10.8 Å². The minimum absolute atomic E-state index is 0. The lowest BCUT2D eigenvalue weighted by molar-refractivity contribution is 0.265. The number of aliphatic hydroxyl groups is 1. The molecule has 1 aromatic heterocycles. The maximum Gasteiger partial charge on any atom is 0.0707 e. The Balaban J connectivity index is 0. The summed E-state index contributed by atoms with van der Waals surface area (Å²) in [6.07, 6.45) is 1.68. The average Bonchev–Trinajstić information content (AvgIpc) is 2.04. The molecule has 0 fully saturated rings. The summed E-state index contributed by atoms with van der Waals surface area (Å²) in [5.41, 5.74) is 7.38. The second-order valence-corrected chi connectivity index (χ2v) is 2.49. The van der Waals surface area contributed by atoms with E-state index in [-0.39, 0.29) is 37.5 Å². The summed E-state index contributed by atoms with van der Waals surface area (Å²) in [6, 6.07) is 3.43. The number of aryl methyl sites for hydroxylation is 1. The van der Waals surface area contributed by atoms with Crippen LogP contribution in [-0.2, 0) is 0 Å². The summed E-state index contributed by atoms with van der Waals surface area (Å²) in [6.45, 7) is 1.87. The number of aliphatic hydroxyl groups excluding tert-OH is 1. The predicted octanol–water partition coefficient (Wildman–Crippen LogP) is 1.23. The van der Waals surface area contributed by atoms with Crippen molar-refractivity contribution in [2.75, 3.05) is 6.61 Å². The maximum atomic E-state index is 8.75. The minimum atomic E-state index is -0.351. The molecule has 1 atom stereocenters. The first kappa shape index (κ1) is 15.1. The topological polar surface area (TPSA) is 59.1 Å². The van der Waals surface area contributed by atoms with Crippen molar-refractivity contribution in [2.24, 2.45) is 5.73 Å². The predicted molar refractivity (Wildman–Crippen MR) is 57.5 cm³/mol. The highest BCUT2D eigenvalue weighted by Crippen LogP contribution is 2.10. The van der Waals surface area contributed by atoms with Crippen molar-refractivity contribution >= 4 is 24.8 Å². The molecule has 0 spiro atoms. The van der Waals surface area contributed by atoms with Crippen LogP contribution in [0.2, 0.25) is 0 Å². The molecule has 0 saturated heterocycles. The molecule has 0 aliphatic rings. The Morgan fingerprint density at radius 1 is 1.54 bits per heavy atom. The van der Waals surface area contributed by atoms with Crippen LogP contribution in [0.15, 0.2) is 18.3 Å². The van der Waals surface area contributed by atoms with Crippen molar-refractivity contribution < 1.29 is 5.11 Å². The number of nitrogens with zero attached hydrogens (tertiary/aromatic N) is 1. The van der Waals surface area contributed by atoms with Gasteiger partial charge in [-0.3, -0.25) is 4.98 Å². The van der Waals surface area contributed by atoms with Crippen LogP contribution in [0.5, 0.6) is 0 Å². The SMILES string of the molecule is Cc1cccnc1[C@H](N)CO.Cl.Cl. The van der Waals surface area contributed by atoms with Crippen LogP contribution < -0.4 is 5.73 Å². The van der Waals surface area contributed by atoms with Crippen molar-refractivity contribution in [3.05, 3.63) is 29.6 Å². The second-order valence-electron chi connectivity index (χ2n) is 2.49. The van der Waals surface area contributed by atoms with E-state index < -0.39 is 0 Å². The number of hydrogen-bond acceptors (Lipinski definition) is 3. The summed E-state index contributed by atoms with van der Waals surface area (Å²) in [4.78, 5) is 4.06. The third kappa shape index (κ3) is 3.91. The average molecular weight is 225 g/mol. The largest absolute Gasteiger partial charge is 0.394 e. The molecule has 0 bridgehead atoms. The molecule has 3 nitrogen and oxygen atoms in total. The number of halogens is 2. The smallest absolute Gasteiger partial charge is 0.0707 e. The Kier molecular flexibility index (Phi) is 8.26. The number of aromatic nitrogens is 1. The van der Waals surface area contributed by atoms with E-state index in [1.165, 1.54) is 0 Å². The normalized spacial score (nSPS) is 11.0. The molecule has 0 saturated carbocycles. The lowest BCUT2D eigenvalue weighted by atomic mass is 10.1. The molecule has 0 amide bonds. The monoisotopic (exact) mass is 224 g/mol. The molecule has 1 rings (SSSR count). The first-order valence-corrected chi connectivity index (χ1v) is 3.53. The third-order valence-corrected chi connectivity index (χ3v) is 1.60. The number of pyridine rings is 1. The molecule has 0 unspecified atom stereocenters. The van der Waals surface area contributed by atoms with Crippen molar-refractivity contribution in [1.82, 2.24) is 4.98 Å². The third-order valence-electron chi connectivity index (χ3n) is 1.60. The molecular formula is C8H14Cl2N2O. The van der Waals surface area contributed by atoms with E-state index in [1.807, 2.05) is 19.1 Å². The van der Waals surface area contributed by atoms with Gasteiger partial charge in [0.05, 0.1) is 18.3 Å². The molecule has 0 aliphatic carbocycles. The van der Waals surface area contributed by atoms with Crippen LogP contribution >= 0.6 is 24.8 Å². The fourth-order valence-corrected chi connectivity index (χ4v) is 0.973. The summed E-state index contributed by atoms with van der Waals surface area (Å²) in [7, 11) is 0. The van der Waals surface area contributed by atoms with Crippen molar-refractivity contribution in [3.8, 4) is 0 Å². The zero-order chi connectivity index (χ0) is 8.27. The quantitative estimate of drug-likeness (QED) is 0.795. The minimum Gasteiger partial charge on any atom is -0.394 e. The lowest BCUT2D eigenvalue weighted by Gasteiger charge is -2.09. The van der Waals surface area contributed by atoms with Gasteiger partial charge in [-0.2, -0.15) is 0 Å². The maximum absolute atomic E-state index is 8.75. The Morgan fingerprint density at radius 2 is 2.15 bits per heavy atom. The van der Waals surface area contributed by atoms with Crippen LogP contribution in [0.1, 0.15) is 17.3 Å². The molecule has 0 aromatic carbocycles. The van der Waals surface area contributed by atoms with Crippen LogP contribution in [0.4, 0.5) is 0 Å². The zero-order valence-corrected chi connectivity index (χ0v) is 8.94. The number of hydrogen-bond donors (Lipinski definition) is 2. The van der Waals surface area contributed by atoms with E-state index in [2.05, 4.69) is 4.98 Å². The van der Waals surface area contributed by atoms with Gasteiger partial charge in [0.25, 0.3) is 0 Å². The van der Waals surface area contributed by atoms with Gasteiger partial charge in [0.15, 0.2) is 0 Å². The highest BCUT2D eigenvalue weighted by atomic mass is 35.5. The van der Waals surface area contributed by atoms with Gasteiger partial charge in [-0.1, -0.05) is 6.07 Å². The zero-order valence-electron chi connectivity index (χ0n) is 7.30. The Bertz CT molecular complexity index is 245. The molecule has 13 heavy (non-hydrogen) atoms. The number of rotatable bonds is 2. The van der Waals surface area contributed by atoms with Crippen molar-refractivity contribution in [3.63, 3.8) is 0 Å². The van der Waals surface area contributed by atoms with E-state index in [0.29, 0.717) is 0 Å². The Morgan fingerprint density at radius 3 is 2.62 bits per heavy atom. The summed E-state index contributed by atoms with van der Waals surface area (Å²) >= 11 is 0. The van der Waals surface area contributed by atoms with Crippen molar-refractivity contribution in [1.29, 1.82) is 0 Å². The molecular weight excluding hydrogens is 211 g/mol. The van der Waals surface area contributed by atoms with Gasteiger partial charge >= 0.3 is 0 Å². The fourth-order valence-electron chi connectivity index (χ4n) is 0.973. The molecule has 0 radical (unpaired) electrons. The van der Waals surface area contributed by atoms with Gasteiger partial charge in [0.1, 0.15) is 0 Å². The van der Waals surface area contributed by atoms with Gasteiger partial charge in [0, 0.05) is 6.20 Å². The first-order chi connectivity index (χ1) is 5.25. The summed E-state index contributed by atoms with van der Waals surface area (Å²) < 4.78 is 0. The molecule has 5 heteroatoms. The molecule has 76 valence electrons. The van der Waals surface area contributed by atoms with E-state index in [4.69, 9.17) is 10.8 Å². The van der Waals surface area contributed by atoms with Gasteiger partial charge in [-0.05, 0) is 18.6 Å². The van der Waals surface area contributed by atoms with E-state index >= 15 is 0 Å². The van der Waals surface area contributed by atoms with Gasteiger partial charge in [-0.15, -0.1) is 24.8 Å². The van der Waals surface area contributed by atoms with Crippen LogP contribution in [0, 0.1) is 6.92 Å². The van der Waals surface area contributed by atoms with Gasteiger partial charge in [-0.25, -0.2) is 0 Å². The molecule has 3 N–H and O–H groups in total. The molecule has 1 aromatic rings. The Labute approximate surface area is 90.2 Å². The molecule has 0 aliphatic heterocycles. The van der Waals surface area contributed by atoms with E-state index in [1.54, 1.807) is 6.20 Å². The summed E-state index contributed by atoms with van der Waals surface area (Å²) in [5.74, 6) is 0. The highest BCUT2D eigenvalue weighted by molar-refractivity contribution is 5.85. The first-order valence-electron chi connectivity index (χ1n) is 3.53. The summed E-state index contributed by atoms with van der Waals surface area (Å²) in [5, 5.41) is 8.75. The fraction of sp³-hybridized carbons (Fsp3) is 0.375. The van der Waals surface area contributed by atoms with Crippen molar-refractivity contribution in [2.45, 2.75) is 13.0 Å². The van der Waals surface area contributed by atoms with Crippen LogP contribution in [-0.4, -0.2) is 16.7 Å². The van der Waals surface area contributed by atoms with Crippen LogP contribution in [0.25, 0.3) is 0 Å². The Hall–Kier alpha value is -0.350.